The maximum Gasteiger partial charge on any atom is 0.0867 e. The highest BCUT2D eigenvalue weighted by molar-refractivity contribution is 5.01. The van der Waals surface area contributed by atoms with Gasteiger partial charge in [0.15, 0.2) is 0 Å². The lowest BCUT2D eigenvalue weighted by Gasteiger charge is -2.03. The van der Waals surface area contributed by atoms with Gasteiger partial charge in [0.05, 0.1) is 17.9 Å². The Morgan fingerprint density at radius 1 is 1.35 bits per heavy atom. The Morgan fingerprint density at radius 3 is 2.82 bits per heavy atom. The molecule has 0 saturated carbocycles. The Morgan fingerprint density at radius 2 is 2.18 bits per heavy atom. The zero-order valence-electron chi connectivity index (χ0n) is 10.1. The zero-order valence-corrected chi connectivity index (χ0v) is 10.1. The van der Waals surface area contributed by atoms with Gasteiger partial charge in [-0.1, -0.05) is 5.21 Å². The van der Waals surface area contributed by atoms with Crippen molar-refractivity contribution in [1.82, 2.24) is 24.8 Å². The van der Waals surface area contributed by atoms with Crippen molar-refractivity contribution >= 4 is 0 Å². The molecule has 0 spiro atoms. The summed E-state index contributed by atoms with van der Waals surface area (Å²) in [5.41, 5.74) is 1.76. The van der Waals surface area contributed by atoms with E-state index >= 15 is 0 Å². The second kappa shape index (κ2) is 5.09. The van der Waals surface area contributed by atoms with Crippen molar-refractivity contribution in [2.45, 2.75) is 32.9 Å². The normalized spacial score (nSPS) is 11.3. The quantitative estimate of drug-likeness (QED) is 0.825. The molecule has 0 aliphatic rings. The highest BCUT2D eigenvalue weighted by atomic mass is 16.3. The molecular formula is C11H17N5O. The molecule has 6 heteroatoms. The lowest BCUT2D eigenvalue weighted by Crippen LogP contribution is -2.05. The molecule has 0 fully saturated rings. The molecule has 0 saturated heterocycles. The van der Waals surface area contributed by atoms with E-state index < -0.39 is 0 Å². The Hall–Kier alpha value is -1.69. The molecule has 1 N–H and O–H groups in total. The summed E-state index contributed by atoms with van der Waals surface area (Å²) in [5, 5.41) is 21.2. The largest absolute Gasteiger partial charge is 0.396 e. The summed E-state index contributed by atoms with van der Waals surface area (Å²) in [7, 11) is 0. The molecule has 0 atom stereocenters. The molecule has 0 aromatic carbocycles. The molecule has 0 radical (unpaired) electrons. The van der Waals surface area contributed by atoms with Gasteiger partial charge < -0.3 is 5.11 Å². The number of aromatic nitrogens is 5. The van der Waals surface area contributed by atoms with Gasteiger partial charge in [0.25, 0.3) is 0 Å². The lowest BCUT2D eigenvalue weighted by atomic mass is 10.3. The first kappa shape index (κ1) is 11.8. The Bertz CT molecular complexity index is 474. The predicted molar refractivity (Wildman–Crippen MR) is 62.5 cm³/mol. The predicted octanol–water partition coefficient (Wildman–Crippen LogP) is 0.639. The van der Waals surface area contributed by atoms with Crippen molar-refractivity contribution in [3.8, 4) is 0 Å². The van der Waals surface area contributed by atoms with Crippen molar-refractivity contribution < 1.29 is 5.11 Å². The minimum Gasteiger partial charge on any atom is -0.396 e. The van der Waals surface area contributed by atoms with E-state index in [1.54, 1.807) is 4.68 Å². The molecule has 2 rings (SSSR count). The van der Waals surface area contributed by atoms with E-state index in [1.807, 2.05) is 23.1 Å². The first-order valence-corrected chi connectivity index (χ1v) is 5.73. The summed E-state index contributed by atoms with van der Waals surface area (Å²) in [6.07, 6.45) is 4.34. The van der Waals surface area contributed by atoms with Crippen LogP contribution in [0.25, 0.3) is 0 Å². The number of nitrogens with zero attached hydrogens (tertiary/aromatic N) is 5. The maximum atomic E-state index is 8.79. The smallest absolute Gasteiger partial charge is 0.0867 e. The van der Waals surface area contributed by atoms with Gasteiger partial charge in [0, 0.05) is 31.5 Å². The van der Waals surface area contributed by atoms with Crippen LogP contribution in [0.4, 0.5) is 0 Å². The third kappa shape index (κ3) is 2.91. The van der Waals surface area contributed by atoms with Gasteiger partial charge in [-0.2, -0.15) is 5.10 Å². The molecule has 2 aromatic heterocycles. The first-order chi connectivity index (χ1) is 8.19. The summed E-state index contributed by atoms with van der Waals surface area (Å²) >= 11 is 0. The molecule has 92 valence electrons. The van der Waals surface area contributed by atoms with Crippen molar-refractivity contribution in [2.24, 2.45) is 0 Å². The van der Waals surface area contributed by atoms with E-state index in [2.05, 4.69) is 29.3 Å². The van der Waals surface area contributed by atoms with Crippen LogP contribution < -0.4 is 0 Å². The Labute approximate surface area is 99.9 Å². The number of aliphatic hydroxyl groups is 1. The minimum atomic E-state index is 0.0979. The van der Waals surface area contributed by atoms with Crippen LogP contribution in [0.1, 0.15) is 31.3 Å². The van der Waals surface area contributed by atoms with Crippen molar-refractivity contribution in [3.63, 3.8) is 0 Å². The van der Waals surface area contributed by atoms with Gasteiger partial charge in [0.2, 0.25) is 0 Å². The third-order valence-electron chi connectivity index (χ3n) is 2.47. The molecule has 2 heterocycles. The van der Waals surface area contributed by atoms with Gasteiger partial charge in [0.1, 0.15) is 0 Å². The monoisotopic (exact) mass is 235 g/mol. The highest BCUT2D eigenvalue weighted by Gasteiger charge is 2.05. The Balaban J connectivity index is 2.03. The molecule has 0 unspecified atom stereocenters. The SMILES string of the molecule is CC(C)n1ccc(Cn2cc(CCO)nn2)n1. The van der Waals surface area contributed by atoms with E-state index in [0.717, 1.165) is 11.4 Å². The molecule has 0 amide bonds. The van der Waals surface area contributed by atoms with Crippen molar-refractivity contribution in [3.05, 3.63) is 29.8 Å². The number of aliphatic hydroxyl groups excluding tert-OH is 1. The molecule has 0 aliphatic carbocycles. The summed E-state index contributed by atoms with van der Waals surface area (Å²) in [6, 6.07) is 2.34. The van der Waals surface area contributed by atoms with Crippen LogP contribution in [0.2, 0.25) is 0 Å². The van der Waals surface area contributed by atoms with Crippen LogP contribution in [0.15, 0.2) is 18.5 Å². The van der Waals surface area contributed by atoms with Crippen LogP contribution in [0, 0.1) is 0 Å². The molecule has 2 aromatic rings. The maximum absolute atomic E-state index is 8.79. The summed E-state index contributed by atoms with van der Waals surface area (Å²) < 4.78 is 3.65. The van der Waals surface area contributed by atoms with Gasteiger partial charge in [-0.3, -0.25) is 4.68 Å². The number of hydrogen-bond donors (Lipinski definition) is 1. The van der Waals surface area contributed by atoms with Crippen LogP contribution in [-0.2, 0) is 13.0 Å². The van der Waals surface area contributed by atoms with E-state index in [0.29, 0.717) is 19.0 Å². The van der Waals surface area contributed by atoms with Crippen LogP contribution in [0.3, 0.4) is 0 Å². The number of rotatable bonds is 5. The average Bonchev–Trinajstić information content (AvgIpc) is 2.89. The summed E-state index contributed by atoms with van der Waals surface area (Å²) in [4.78, 5) is 0. The fraction of sp³-hybridized carbons (Fsp3) is 0.545. The minimum absolute atomic E-state index is 0.0979. The molecule has 6 nitrogen and oxygen atoms in total. The van der Waals surface area contributed by atoms with Crippen LogP contribution in [0.5, 0.6) is 0 Å². The zero-order chi connectivity index (χ0) is 12.3. The van der Waals surface area contributed by atoms with Gasteiger partial charge in [-0.05, 0) is 19.9 Å². The van der Waals surface area contributed by atoms with Gasteiger partial charge in [-0.25, -0.2) is 4.68 Å². The molecule has 0 aliphatic heterocycles. The van der Waals surface area contributed by atoms with E-state index in [1.165, 1.54) is 0 Å². The van der Waals surface area contributed by atoms with Crippen molar-refractivity contribution in [1.29, 1.82) is 0 Å². The van der Waals surface area contributed by atoms with E-state index in [-0.39, 0.29) is 6.61 Å². The standard InChI is InChI=1S/C11H17N5O/c1-9(2)16-5-3-11(13-16)8-15-7-10(4-6-17)12-14-15/h3,5,7,9,17H,4,6,8H2,1-2H3. The van der Waals surface area contributed by atoms with Crippen LogP contribution in [-0.4, -0.2) is 36.5 Å². The molecule has 0 bridgehead atoms. The molecular weight excluding hydrogens is 218 g/mol. The Kier molecular flexibility index (Phi) is 3.53. The average molecular weight is 235 g/mol. The topological polar surface area (TPSA) is 68.8 Å². The second-order valence-corrected chi connectivity index (χ2v) is 4.26. The summed E-state index contributed by atoms with van der Waals surface area (Å²) in [6.45, 7) is 4.88. The molecule has 17 heavy (non-hydrogen) atoms. The second-order valence-electron chi connectivity index (χ2n) is 4.26. The van der Waals surface area contributed by atoms with E-state index in [9.17, 15) is 0 Å². The lowest BCUT2D eigenvalue weighted by molar-refractivity contribution is 0.298. The fourth-order valence-electron chi connectivity index (χ4n) is 1.56. The summed E-state index contributed by atoms with van der Waals surface area (Å²) in [5.74, 6) is 0. The van der Waals surface area contributed by atoms with Crippen molar-refractivity contribution in [2.75, 3.05) is 6.61 Å². The fourth-order valence-corrected chi connectivity index (χ4v) is 1.56. The van der Waals surface area contributed by atoms with Gasteiger partial charge >= 0.3 is 0 Å². The van der Waals surface area contributed by atoms with Gasteiger partial charge in [-0.15, -0.1) is 5.10 Å². The highest BCUT2D eigenvalue weighted by Crippen LogP contribution is 2.05. The third-order valence-corrected chi connectivity index (χ3v) is 2.47. The van der Waals surface area contributed by atoms with Crippen LogP contribution >= 0.6 is 0 Å². The first-order valence-electron chi connectivity index (χ1n) is 5.73. The van der Waals surface area contributed by atoms with E-state index in [4.69, 9.17) is 5.11 Å². The number of hydrogen-bond acceptors (Lipinski definition) is 4.